The van der Waals surface area contributed by atoms with E-state index in [1.54, 1.807) is 0 Å². The third-order valence-corrected chi connectivity index (χ3v) is 4.04. The minimum absolute atomic E-state index is 0.00979. The molecule has 0 saturated heterocycles. The van der Waals surface area contributed by atoms with Crippen LogP contribution in [0.15, 0.2) is 24.3 Å². The van der Waals surface area contributed by atoms with Gasteiger partial charge >= 0.3 is 6.01 Å². The molecule has 0 atom stereocenters. The number of non-ortho nitro benzene ring substituents is 1. The first-order chi connectivity index (χ1) is 12.0. The zero-order valence-electron chi connectivity index (χ0n) is 13.0. The van der Waals surface area contributed by atoms with Gasteiger partial charge < -0.3 is 9.47 Å². The largest absolute Gasteiger partial charge is 0.481 e. The molecule has 0 aliphatic carbocycles. The Labute approximate surface area is 144 Å². The van der Waals surface area contributed by atoms with Crippen LogP contribution in [0, 0.1) is 10.1 Å². The molecule has 1 aromatic carbocycles. The van der Waals surface area contributed by atoms with Crippen LogP contribution in [0.3, 0.4) is 0 Å². The predicted molar refractivity (Wildman–Crippen MR) is 89.4 cm³/mol. The number of anilines is 1. The third-order valence-electron chi connectivity index (χ3n) is 3.11. The number of benzene rings is 1. The summed E-state index contributed by atoms with van der Waals surface area (Å²) in [7, 11) is 2.78. The van der Waals surface area contributed by atoms with Crippen LogP contribution in [0.1, 0.15) is 10.5 Å². The van der Waals surface area contributed by atoms with Gasteiger partial charge in [0.05, 0.1) is 29.4 Å². The monoisotopic (exact) mass is 361 g/mol. The molecule has 0 saturated carbocycles. The fourth-order valence-electron chi connectivity index (χ4n) is 1.96. The first-order valence-corrected chi connectivity index (χ1v) is 7.65. The highest BCUT2D eigenvalue weighted by molar-refractivity contribution is 7.22. The zero-order valence-corrected chi connectivity index (χ0v) is 13.9. The number of nitrogens with one attached hydrogen (secondary N) is 1. The quantitative estimate of drug-likeness (QED) is 0.541. The smallest absolute Gasteiger partial charge is 0.320 e. The molecule has 0 spiro atoms. The van der Waals surface area contributed by atoms with E-state index < -0.39 is 10.8 Å². The SMILES string of the molecule is COc1cc(C(=O)Nc2nc3ccc([N+](=O)[O-])cc3s2)nc(OC)n1. The number of fused-ring (bicyclic) bond motifs is 1. The molecule has 10 nitrogen and oxygen atoms in total. The number of rotatable bonds is 5. The Morgan fingerprint density at radius 2 is 2.00 bits per heavy atom. The van der Waals surface area contributed by atoms with Gasteiger partial charge in [-0.2, -0.15) is 9.97 Å². The second-order valence-corrected chi connectivity index (χ2v) is 5.70. The average molecular weight is 361 g/mol. The lowest BCUT2D eigenvalue weighted by Crippen LogP contribution is -2.14. The standard InChI is InChI=1S/C14H11N5O5S/c1-23-11-6-9(15-13(17-11)24-2)12(20)18-14-16-8-4-3-7(19(21)22)5-10(8)25-14/h3-6H,1-2H3,(H,16,18,20). The van der Waals surface area contributed by atoms with E-state index in [1.807, 2.05) is 0 Å². The van der Waals surface area contributed by atoms with Gasteiger partial charge in [-0.25, -0.2) is 4.98 Å². The van der Waals surface area contributed by atoms with Crippen LogP contribution in [-0.2, 0) is 0 Å². The number of ether oxygens (including phenoxy) is 2. The van der Waals surface area contributed by atoms with Crippen LogP contribution in [0.25, 0.3) is 10.2 Å². The van der Waals surface area contributed by atoms with Crippen LogP contribution < -0.4 is 14.8 Å². The fraction of sp³-hybridized carbons (Fsp3) is 0.143. The Morgan fingerprint density at radius 3 is 2.68 bits per heavy atom. The number of hydrogen-bond acceptors (Lipinski definition) is 9. The van der Waals surface area contributed by atoms with Gasteiger partial charge in [0.1, 0.15) is 5.69 Å². The molecule has 25 heavy (non-hydrogen) atoms. The average Bonchev–Trinajstić information content (AvgIpc) is 3.02. The van der Waals surface area contributed by atoms with Crippen molar-refractivity contribution in [1.29, 1.82) is 0 Å². The Balaban J connectivity index is 1.88. The summed E-state index contributed by atoms with van der Waals surface area (Å²) in [6, 6.07) is 5.63. The molecule has 2 heterocycles. The van der Waals surface area contributed by atoms with Gasteiger partial charge in [-0.05, 0) is 6.07 Å². The lowest BCUT2D eigenvalue weighted by Gasteiger charge is -2.05. The van der Waals surface area contributed by atoms with Crippen LogP contribution in [-0.4, -0.2) is 40.0 Å². The second-order valence-electron chi connectivity index (χ2n) is 4.66. The Morgan fingerprint density at radius 1 is 1.20 bits per heavy atom. The molecule has 2 aromatic heterocycles. The first kappa shape index (κ1) is 16.5. The summed E-state index contributed by atoms with van der Waals surface area (Å²) in [5.41, 5.74) is 0.539. The summed E-state index contributed by atoms with van der Waals surface area (Å²) in [5.74, 6) is -0.357. The summed E-state index contributed by atoms with van der Waals surface area (Å²) < 4.78 is 10.5. The van der Waals surface area contributed by atoms with Crippen molar-refractivity contribution in [3.05, 3.63) is 40.1 Å². The van der Waals surface area contributed by atoms with Crippen molar-refractivity contribution in [2.24, 2.45) is 0 Å². The van der Waals surface area contributed by atoms with Crippen LogP contribution in [0.2, 0.25) is 0 Å². The Kier molecular flexibility index (Phi) is 4.39. The van der Waals surface area contributed by atoms with E-state index in [1.165, 1.54) is 38.5 Å². The number of nitro groups is 1. The first-order valence-electron chi connectivity index (χ1n) is 6.83. The molecule has 128 valence electrons. The molecular weight excluding hydrogens is 350 g/mol. The van der Waals surface area contributed by atoms with Crippen molar-refractivity contribution in [2.75, 3.05) is 19.5 Å². The van der Waals surface area contributed by atoms with Crippen molar-refractivity contribution >= 4 is 38.3 Å². The number of carbonyl (C=O) groups is 1. The van der Waals surface area contributed by atoms with E-state index in [0.717, 1.165) is 11.3 Å². The molecule has 0 fully saturated rings. The molecule has 0 aliphatic rings. The maximum absolute atomic E-state index is 12.3. The van der Waals surface area contributed by atoms with Crippen LogP contribution in [0.4, 0.5) is 10.8 Å². The normalized spacial score (nSPS) is 10.5. The highest BCUT2D eigenvalue weighted by Gasteiger charge is 2.16. The molecule has 1 N–H and O–H groups in total. The summed E-state index contributed by atoms with van der Waals surface area (Å²) >= 11 is 1.12. The number of nitro benzene ring substituents is 1. The fourth-order valence-corrected chi connectivity index (χ4v) is 2.85. The maximum Gasteiger partial charge on any atom is 0.320 e. The Hall–Kier alpha value is -3.34. The maximum atomic E-state index is 12.3. The topological polar surface area (TPSA) is 129 Å². The predicted octanol–water partition coefficient (Wildman–Crippen LogP) is 2.26. The van der Waals surface area contributed by atoms with Crippen molar-refractivity contribution in [3.8, 4) is 11.9 Å². The number of nitrogens with zero attached hydrogens (tertiary/aromatic N) is 4. The number of carbonyl (C=O) groups excluding carboxylic acids is 1. The van der Waals surface area contributed by atoms with Gasteiger partial charge in [0, 0.05) is 18.2 Å². The van der Waals surface area contributed by atoms with E-state index in [-0.39, 0.29) is 28.4 Å². The van der Waals surface area contributed by atoms with Gasteiger partial charge in [-0.1, -0.05) is 11.3 Å². The molecule has 0 radical (unpaired) electrons. The summed E-state index contributed by atoms with van der Waals surface area (Å²) in [4.78, 5) is 34.8. The van der Waals surface area contributed by atoms with Crippen LogP contribution in [0.5, 0.6) is 11.9 Å². The number of methoxy groups -OCH3 is 2. The molecule has 0 bridgehead atoms. The van der Waals surface area contributed by atoms with Crippen molar-refractivity contribution in [2.45, 2.75) is 0 Å². The van der Waals surface area contributed by atoms with Crippen molar-refractivity contribution in [1.82, 2.24) is 15.0 Å². The summed E-state index contributed by atoms with van der Waals surface area (Å²) in [6.45, 7) is 0. The van der Waals surface area contributed by atoms with E-state index in [0.29, 0.717) is 10.2 Å². The highest BCUT2D eigenvalue weighted by Crippen LogP contribution is 2.29. The molecule has 11 heteroatoms. The zero-order chi connectivity index (χ0) is 18.0. The molecule has 0 aliphatic heterocycles. The van der Waals surface area contributed by atoms with E-state index >= 15 is 0 Å². The number of amides is 1. The van der Waals surface area contributed by atoms with Crippen LogP contribution >= 0.6 is 11.3 Å². The second kappa shape index (κ2) is 6.65. The number of hydrogen-bond donors (Lipinski definition) is 1. The van der Waals surface area contributed by atoms with E-state index in [4.69, 9.17) is 9.47 Å². The highest BCUT2D eigenvalue weighted by atomic mass is 32.1. The van der Waals surface area contributed by atoms with E-state index in [9.17, 15) is 14.9 Å². The van der Waals surface area contributed by atoms with Gasteiger partial charge in [0.15, 0.2) is 5.13 Å². The van der Waals surface area contributed by atoms with Crippen molar-refractivity contribution in [3.63, 3.8) is 0 Å². The van der Waals surface area contributed by atoms with E-state index in [2.05, 4.69) is 20.3 Å². The molecule has 1 amide bonds. The van der Waals surface area contributed by atoms with Gasteiger partial charge in [-0.3, -0.25) is 20.2 Å². The lowest BCUT2D eigenvalue weighted by atomic mass is 10.3. The minimum atomic E-state index is -0.535. The van der Waals surface area contributed by atoms with Gasteiger partial charge in [-0.15, -0.1) is 0 Å². The van der Waals surface area contributed by atoms with Crippen molar-refractivity contribution < 1.29 is 19.2 Å². The molecular formula is C14H11N5O5S. The summed E-state index contributed by atoms with van der Waals surface area (Å²) in [6.07, 6.45) is 0. The van der Waals surface area contributed by atoms with Gasteiger partial charge in [0.2, 0.25) is 5.88 Å². The molecule has 3 rings (SSSR count). The molecule has 0 unspecified atom stereocenters. The third kappa shape index (κ3) is 3.45. The molecule has 3 aromatic rings. The lowest BCUT2D eigenvalue weighted by molar-refractivity contribution is -0.384. The Bertz CT molecular complexity index is 951. The minimum Gasteiger partial charge on any atom is -0.481 e. The van der Waals surface area contributed by atoms with Gasteiger partial charge in [0.25, 0.3) is 11.6 Å². The summed E-state index contributed by atoms with van der Waals surface area (Å²) in [5, 5.41) is 13.7. The number of aromatic nitrogens is 3. The number of thiazole rings is 1.